The molecule has 1 N–H and O–H groups in total. The van der Waals surface area contributed by atoms with Crippen molar-refractivity contribution in [2.45, 2.75) is 19.4 Å². The number of halogens is 2. The minimum absolute atomic E-state index is 0.134. The SMILES string of the molecule is CNC(=O)c1cc(F)c(-c2c(CC3CN(C(=O)OC)CCO3)nc3nc(C)ccn23)c(F)c1. The normalized spacial score (nSPS) is 16.2. The Bertz CT molecular complexity index is 1210. The van der Waals surface area contributed by atoms with E-state index in [9.17, 15) is 9.59 Å². The van der Waals surface area contributed by atoms with Crippen LogP contribution in [0.15, 0.2) is 24.4 Å². The van der Waals surface area contributed by atoms with Crippen LogP contribution in [0.1, 0.15) is 21.7 Å². The maximum atomic E-state index is 15.2. The fraction of sp³-hybridized carbons (Fsp3) is 0.364. The summed E-state index contributed by atoms with van der Waals surface area (Å²) in [6, 6.07) is 3.67. The summed E-state index contributed by atoms with van der Waals surface area (Å²) >= 11 is 0. The van der Waals surface area contributed by atoms with Gasteiger partial charge in [0.1, 0.15) is 11.6 Å². The van der Waals surface area contributed by atoms with Crippen LogP contribution in [0.3, 0.4) is 0 Å². The molecule has 1 fully saturated rings. The number of aromatic nitrogens is 3. The number of amides is 2. The first kappa shape index (κ1) is 22.6. The molecule has 1 aromatic carbocycles. The Morgan fingerprint density at radius 3 is 2.67 bits per heavy atom. The number of hydrogen-bond donors (Lipinski definition) is 1. The lowest BCUT2D eigenvalue weighted by Gasteiger charge is -2.31. The Balaban J connectivity index is 1.79. The highest BCUT2D eigenvalue weighted by molar-refractivity contribution is 5.94. The van der Waals surface area contributed by atoms with E-state index < -0.39 is 29.7 Å². The van der Waals surface area contributed by atoms with Gasteiger partial charge in [0.05, 0.1) is 43.3 Å². The van der Waals surface area contributed by atoms with E-state index >= 15 is 8.78 Å². The quantitative estimate of drug-likeness (QED) is 0.643. The number of morpholine rings is 1. The molecule has 2 amide bonds. The Hall–Kier alpha value is -3.60. The van der Waals surface area contributed by atoms with Gasteiger partial charge in [-0.1, -0.05) is 0 Å². The van der Waals surface area contributed by atoms with Gasteiger partial charge in [0.15, 0.2) is 0 Å². The lowest BCUT2D eigenvalue weighted by atomic mass is 10.0. The van der Waals surface area contributed by atoms with Crippen LogP contribution in [0.5, 0.6) is 0 Å². The van der Waals surface area contributed by atoms with E-state index in [1.54, 1.807) is 19.2 Å². The molecular formula is C22H23F2N5O4. The average molecular weight is 459 g/mol. The number of ether oxygens (including phenoxy) is 2. The molecule has 0 aliphatic carbocycles. The van der Waals surface area contributed by atoms with Gasteiger partial charge in [-0.2, -0.15) is 0 Å². The summed E-state index contributed by atoms with van der Waals surface area (Å²) in [6.07, 6.45) is 0.885. The number of carbonyl (C=O) groups excluding carboxylic acids is 2. The zero-order valence-corrected chi connectivity index (χ0v) is 18.4. The fourth-order valence-corrected chi connectivity index (χ4v) is 3.90. The largest absolute Gasteiger partial charge is 0.453 e. The van der Waals surface area contributed by atoms with E-state index in [0.717, 1.165) is 12.1 Å². The minimum atomic E-state index is -0.905. The molecule has 9 nitrogen and oxygen atoms in total. The lowest BCUT2D eigenvalue weighted by Crippen LogP contribution is -2.46. The number of carbonyl (C=O) groups is 2. The highest BCUT2D eigenvalue weighted by atomic mass is 19.1. The van der Waals surface area contributed by atoms with Gasteiger partial charge in [-0.05, 0) is 25.1 Å². The highest BCUT2D eigenvalue weighted by Crippen LogP contribution is 2.32. The van der Waals surface area contributed by atoms with Crippen molar-refractivity contribution in [3.05, 3.63) is 53.0 Å². The predicted octanol–water partition coefficient (Wildman–Crippen LogP) is 2.35. The van der Waals surface area contributed by atoms with Crippen LogP contribution in [0.4, 0.5) is 13.6 Å². The van der Waals surface area contributed by atoms with E-state index in [1.807, 2.05) is 0 Å². The van der Waals surface area contributed by atoms with Gasteiger partial charge in [0, 0.05) is 37.5 Å². The van der Waals surface area contributed by atoms with Crippen molar-refractivity contribution in [3.63, 3.8) is 0 Å². The monoisotopic (exact) mass is 459 g/mol. The van der Waals surface area contributed by atoms with Gasteiger partial charge in [-0.25, -0.2) is 23.5 Å². The second-order valence-corrected chi connectivity index (χ2v) is 7.65. The number of methoxy groups -OCH3 is 1. The number of imidazole rings is 1. The van der Waals surface area contributed by atoms with Crippen LogP contribution in [0.2, 0.25) is 0 Å². The van der Waals surface area contributed by atoms with Crippen LogP contribution in [0.25, 0.3) is 17.0 Å². The molecule has 0 saturated carbocycles. The van der Waals surface area contributed by atoms with Crippen LogP contribution < -0.4 is 5.32 Å². The number of benzene rings is 1. The standard InChI is InChI=1S/C22H23F2N5O4/c1-12-4-5-29-19(18-15(23)8-13(9-16(18)24)20(30)25-2)17(27-21(29)26-12)10-14-11-28(6-7-33-14)22(31)32-3/h4-5,8-9,14H,6-7,10-11H2,1-3H3,(H,25,30). The topological polar surface area (TPSA) is 98.1 Å². The second kappa shape index (κ2) is 9.10. The third kappa shape index (κ3) is 4.36. The van der Waals surface area contributed by atoms with Crippen molar-refractivity contribution in [1.82, 2.24) is 24.6 Å². The van der Waals surface area contributed by atoms with Gasteiger partial charge in [-0.15, -0.1) is 0 Å². The van der Waals surface area contributed by atoms with E-state index in [-0.39, 0.29) is 35.6 Å². The first-order valence-electron chi connectivity index (χ1n) is 10.3. The molecule has 0 bridgehead atoms. The molecule has 3 aromatic rings. The summed E-state index contributed by atoms with van der Waals surface area (Å²) in [6.45, 7) is 2.70. The van der Waals surface area contributed by atoms with Crippen molar-refractivity contribution in [2.24, 2.45) is 0 Å². The van der Waals surface area contributed by atoms with Crippen LogP contribution >= 0.6 is 0 Å². The molecule has 33 heavy (non-hydrogen) atoms. The Kier molecular flexibility index (Phi) is 6.23. The second-order valence-electron chi connectivity index (χ2n) is 7.65. The number of fused-ring (bicyclic) bond motifs is 1. The van der Waals surface area contributed by atoms with E-state index in [2.05, 4.69) is 15.3 Å². The summed E-state index contributed by atoms with van der Waals surface area (Å²) in [5, 5.41) is 2.35. The summed E-state index contributed by atoms with van der Waals surface area (Å²) < 4.78 is 42.4. The van der Waals surface area contributed by atoms with Gasteiger partial charge in [0.25, 0.3) is 5.91 Å². The molecule has 1 aliphatic rings. The van der Waals surface area contributed by atoms with E-state index in [1.165, 1.54) is 23.5 Å². The zero-order chi connectivity index (χ0) is 23.7. The molecule has 11 heteroatoms. The fourth-order valence-electron chi connectivity index (χ4n) is 3.90. The molecular weight excluding hydrogens is 436 g/mol. The molecule has 0 spiro atoms. The van der Waals surface area contributed by atoms with Crippen LogP contribution in [0, 0.1) is 18.6 Å². The van der Waals surface area contributed by atoms with Crippen molar-refractivity contribution in [2.75, 3.05) is 33.9 Å². The maximum Gasteiger partial charge on any atom is 0.409 e. The average Bonchev–Trinajstić information content (AvgIpc) is 3.14. The molecule has 1 saturated heterocycles. The number of nitrogens with zero attached hydrogens (tertiary/aromatic N) is 4. The van der Waals surface area contributed by atoms with E-state index in [4.69, 9.17) is 9.47 Å². The third-order valence-electron chi connectivity index (χ3n) is 5.47. The first-order chi connectivity index (χ1) is 15.8. The van der Waals surface area contributed by atoms with Crippen LogP contribution in [-0.2, 0) is 15.9 Å². The van der Waals surface area contributed by atoms with Crippen molar-refractivity contribution < 1.29 is 27.8 Å². The molecule has 1 atom stereocenters. The Labute approximate surface area is 188 Å². The van der Waals surface area contributed by atoms with Crippen molar-refractivity contribution in [3.8, 4) is 11.3 Å². The summed E-state index contributed by atoms with van der Waals surface area (Å²) in [4.78, 5) is 34.2. The number of hydrogen-bond acceptors (Lipinski definition) is 6. The molecule has 1 aliphatic heterocycles. The number of rotatable bonds is 4. The summed E-state index contributed by atoms with van der Waals surface area (Å²) in [5.41, 5.74) is 0.763. The predicted molar refractivity (Wildman–Crippen MR) is 114 cm³/mol. The van der Waals surface area contributed by atoms with Crippen LogP contribution in [-0.4, -0.2) is 71.2 Å². The zero-order valence-electron chi connectivity index (χ0n) is 18.4. The molecule has 4 rings (SSSR count). The number of aryl methyl sites for hydroxylation is 1. The minimum Gasteiger partial charge on any atom is -0.453 e. The van der Waals surface area contributed by atoms with Gasteiger partial charge >= 0.3 is 6.09 Å². The Morgan fingerprint density at radius 2 is 2.00 bits per heavy atom. The molecule has 1 unspecified atom stereocenters. The highest BCUT2D eigenvalue weighted by Gasteiger charge is 2.29. The van der Waals surface area contributed by atoms with Crippen molar-refractivity contribution in [1.29, 1.82) is 0 Å². The van der Waals surface area contributed by atoms with Gasteiger partial charge in [0.2, 0.25) is 5.78 Å². The Morgan fingerprint density at radius 1 is 1.27 bits per heavy atom. The summed E-state index contributed by atoms with van der Waals surface area (Å²) in [5.74, 6) is -2.14. The summed E-state index contributed by atoms with van der Waals surface area (Å²) in [7, 11) is 2.68. The van der Waals surface area contributed by atoms with Gasteiger partial charge < -0.3 is 19.7 Å². The van der Waals surface area contributed by atoms with Gasteiger partial charge in [-0.3, -0.25) is 9.20 Å². The molecule has 2 aromatic heterocycles. The lowest BCUT2D eigenvalue weighted by molar-refractivity contribution is -0.0240. The molecule has 174 valence electrons. The molecule has 3 heterocycles. The first-order valence-corrected chi connectivity index (χ1v) is 10.3. The smallest absolute Gasteiger partial charge is 0.409 e. The van der Waals surface area contributed by atoms with E-state index in [0.29, 0.717) is 24.5 Å². The maximum absolute atomic E-state index is 15.2. The number of nitrogens with one attached hydrogen (secondary N) is 1. The van der Waals surface area contributed by atoms with Crippen molar-refractivity contribution >= 4 is 17.8 Å². The molecule has 0 radical (unpaired) electrons. The third-order valence-corrected chi connectivity index (χ3v) is 5.47.